The molecule has 30 heavy (non-hydrogen) atoms. The van der Waals surface area contributed by atoms with E-state index in [4.69, 9.17) is 17.3 Å². The van der Waals surface area contributed by atoms with Crippen molar-refractivity contribution in [3.63, 3.8) is 0 Å². The van der Waals surface area contributed by atoms with E-state index >= 15 is 0 Å². The van der Waals surface area contributed by atoms with Crippen LogP contribution >= 0.6 is 12.2 Å². The molecule has 0 bridgehead atoms. The van der Waals surface area contributed by atoms with Crippen LogP contribution in [0.15, 0.2) is 97.5 Å². The van der Waals surface area contributed by atoms with E-state index in [9.17, 15) is 0 Å². The smallest absolute Gasteiger partial charge is 0.198 e. The number of thiocarbonyl (C=S) groups is 1. The number of fused-ring (bicyclic) bond motifs is 1. The second kappa shape index (κ2) is 7.85. The molecule has 5 rings (SSSR count). The monoisotopic (exact) mass is 407 g/mol. The summed E-state index contributed by atoms with van der Waals surface area (Å²) >= 11 is 5.63. The van der Waals surface area contributed by atoms with Gasteiger partial charge in [0.1, 0.15) is 5.69 Å². The highest BCUT2D eigenvalue weighted by Crippen LogP contribution is 2.34. The van der Waals surface area contributed by atoms with Crippen molar-refractivity contribution in [2.75, 3.05) is 5.32 Å². The van der Waals surface area contributed by atoms with E-state index in [-0.39, 0.29) is 0 Å². The molecule has 3 heterocycles. The highest BCUT2D eigenvalue weighted by molar-refractivity contribution is 7.80. The zero-order valence-electron chi connectivity index (χ0n) is 15.9. The molecule has 0 radical (unpaired) electrons. The Balaban J connectivity index is 1.65. The summed E-state index contributed by atoms with van der Waals surface area (Å²) in [6.07, 6.45) is 5.53. The molecule has 3 aromatic heterocycles. The molecular weight excluding hydrogens is 390 g/mol. The third kappa shape index (κ3) is 3.44. The van der Waals surface area contributed by atoms with Crippen LogP contribution in [0.3, 0.4) is 0 Å². The summed E-state index contributed by atoms with van der Waals surface area (Å²) in [7, 11) is 0. The normalized spacial score (nSPS) is 10.8. The van der Waals surface area contributed by atoms with Crippen LogP contribution in [0, 0.1) is 0 Å². The molecule has 0 spiro atoms. The predicted molar refractivity (Wildman–Crippen MR) is 124 cm³/mol. The molecule has 0 amide bonds. The summed E-state index contributed by atoms with van der Waals surface area (Å²) in [5.74, 6) is 0. The van der Waals surface area contributed by atoms with Crippen LogP contribution in [0.25, 0.3) is 33.4 Å². The molecule has 2 aromatic carbocycles. The Labute approximate surface area is 179 Å². The molecule has 5 nitrogen and oxygen atoms in total. The molecule has 0 saturated carbocycles. The van der Waals surface area contributed by atoms with Crippen molar-refractivity contribution in [1.82, 2.24) is 19.7 Å². The lowest BCUT2D eigenvalue weighted by Crippen LogP contribution is -2.19. The third-order valence-electron chi connectivity index (χ3n) is 4.79. The van der Waals surface area contributed by atoms with Gasteiger partial charge in [-0.25, -0.2) is 4.68 Å². The number of pyridine rings is 2. The van der Waals surface area contributed by atoms with Gasteiger partial charge in [0.25, 0.3) is 0 Å². The Morgan fingerprint density at radius 2 is 1.57 bits per heavy atom. The number of nitrogens with zero attached hydrogens (tertiary/aromatic N) is 4. The maximum Gasteiger partial charge on any atom is 0.198 e. The molecule has 6 heteroatoms. The molecule has 0 unspecified atom stereocenters. The molecule has 0 fully saturated rings. The first-order valence-electron chi connectivity index (χ1n) is 9.51. The lowest BCUT2D eigenvalue weighted by molar-refractivity contribution is 0.948. The SMILES string of the molecule is S=C(Nc1ccccc1)n1cc(-c2ccnc3ccccc23)c(-c2ccccn2)n1. The second-order valence-electron chi connectivity index (χ2n) is 6.72. The van der Waals surface area contributed by atoms with Gasteiger partial charge >= 0.3 is 0 Å². The number of hydrogen-bond donors (Lipinski definition) is 1. The number of para-hydroxylation sites is 2. The zero-order valence-corrected chi connectivity index (χ0v) is 16.8. The van der Waals surface area contributed by atoms with E-state index in [1.54, 1.807) is 10.9 Å². The highest BCUT2D eigenvalue weighted by atomic mass is 32.1. The van der Waals surface area contributed by atoms with Gasteiger partial charge in [-0.2, -0.15) is 5.10 Å². The molecule has 0 aliphatic rings. The minimum absolute atomic E-state index is 0.489. The molecule has 0 aliphatic heterocycles. The van der Waals surface area contributed by atoms with E-state index in [2.05, 4.69) is 21.4 Å². The van der Waals surface area contributed by atoms with Crippen LogP contribution in [0.4, 0.5) is 5.69 Å². The molecule has 5 aromatic rings. The maximum atomic E-state index is 5.63. The molecule has 1 N–H and O–H groups in total. The summed E-state index contributed by atoms with van der Waals surface area (Å²) in [6.45, 7) is 0. The maximum absolute atomic E-state index is 5.63. The molecule has 0 saturated heterocycles. The number of benzene rings is 2. The van der Waals surface area contributed by atoms with Gasteiger partial charge in [-0.05, 0) is 54.2 Å². The van der Waals surface area contributed by atoms with Crippen LogP contribution in [0.5, 0.6) is 0 Å². The first-order chi connectivity index (χ1) is 14.8. The number of rotatable bonds is 3. The minimum atomic E-state index is 0.489. The molecule has 0 atom stereocenters. The van der Waals surface area contributed by atoms with Gasteiger partial charge in [-0.15, -0.1) is 0 Å². The average Bonchev–Trinajstić information content (AvgIpc) is 3.25. The van der Waals surface area contributed by atoms with Crippen molar-refractivity contribution in [3.05, 3.63) is 97.5 Å². The molecular formula is C24H17N5S. The highest BCUT2D eigenvalue weighted by Gasteiger charge is 2.18. The minimum Gasteiger partial charge on any atom is -0.331 e. The van der Waals surface area contributed by atoms with Gasteiger partial charge in [0.2, 0.25) is 0 Å². The summed E-state index contributed by atoms with van der Waals surface area (Å²) in [5, 5.41) is 9.57. The van der Waals surface area contributed by atoms with Crippen LogP contribution in [0.1, 0.15) is 0 Å². The quantitative estimate of drug-likeness (QED) is 0.406. The molecule has 144 valence electrons. The van der Waals surface area contributed by atoms with E-state index in [1.807, 2.05) is 85.2 Å². The number of aromatic nitrogens is 4. The summed E-state index contributed by atoms with van der Waals surface area (Å²) in [4.78, 5) is 9.00. The van der Waals surface area contributed by atoms with Crippen LogP contribution in [-0.2, 0) is 0 Å². The zero-order chi connectivity index (χ0) is 20.3. The number of nitrogens with one attached hydrogen (secondary N) is 1. The van der Waals surface area contributed by atoms with Crippen molar-refractivity contribution >= 4 is 33.9 Å². The van der Waals surface area contributed by atoms with E-state index in [0.29, 0.717) is 5.11 Å². The largest absolute Gasteiger partial charge is 0.331 e. The second-order valence-corrected chi connectivity index (χ2v) is 7.11. The topological polar surface area (TPSA) is 55.6 Å². The standard InChI is InChI=1S/C24H17N5S/c30-24(27-17-8-2-1-3-9-17)29-16-20(23(28-29)22-12-6-7-14-25-22)18-13-15-26-21-11-5-4-10-19(18)21/h1-16H,(H,27,30). The van der Waals surface area contributed by atoms with Gasteiger partial charge in [0.05, 0.1) is 11.2 Å². The number of anilines is 1. The summed E-state index contributed by atoms with van der Waals surface area (Å²) in [6, 6.07) is 25.7. The van der Waals surface area contributed by atoms with E-state index in [0.717, 1.165) is 39.1 Å². The Hall–Kier alpha value is -3.90. The first kappa shape index (κ1) is 18.1. The van der Waals surface area contributed by atoms with Crippen LogP contribution < -0.4 is 5.32 Å². The average molecular weight is 408 g/mol. The van der Waals surface area contributed by atoms with E-state index < -0.39 is 0 Å². The number of hydrogen-bond acceptors (Lipinski definition) is 4. The fourth-order valence-corrected chi connectivity index (χ4v) is 3.61. The summed E-state index contributed by atoms with van der Waals surface area (Å²) in [5.41, 5.74) is 5.38. The third-order valence-corrected chi connectivity index (χ3v) is 5.08. The molecule has 0 aliphatic carbocycles. The predicted octanol–water partition coefficient (Wildman–Crippen LogP) is 5.41. The lowest BCUT2D eigenvalue weighted by atomic mass is 10.0. The van der Waals surface area contributed by atoms with Gasteiger partial charge in [0.15, 0.2) is 5.11 Å². The van der Waals surface area contributed by atoms with E-state index in [1.165, 1.54) is 0 Å². The van der Waals surface area contributed by atoms with Crippen molar-refractivity contribution in [2.24, 2.45) is 0 Å². The van der Waals surface area contributed by atoms with Crippen LogP contribution in [-0.4, -0.2) is 24.9 Å². The van der Waals surface area contributed by atoms with Crippen molar-refractivity contribution < 1.29 is 0 Å². The Morgan fingerprint density at radius 3 is 2.40 bits per heavy atom. The lowest BCUT2D eigenvalue weighted by Gasteiger charge is -2.07. The van der Waals surface area contributed by atoms with Gasteiger partial charge < -0.3 is 5.32 Å². The Bertz CT molecular complexity index is 1320. The van der Waals surface area contributed by atoms with Crippen molar-refractivity contribution in [2.45, 2.75) is 0 Å². The van der Waals surface area contributed by atoms with Crippen LogP contribution in [0.2, 0.25) is 0 Å². The Morgan fingerprint density at radius 1 is 0.767 bits per heavy atom. The summed E-state index contributed by atoms with van der Waals surface area (Å²) < 4.78 is 1.69. The first-order valence-corrected chi connectivity index (χ1v) is 9.92. The van der Waals surface area contributed by atoms with Crippen molar-refractivity contribution in [3.8, 4) is 22.5 Å². The van der Waals surface area contributed by atoms with Gasteiger partial charge in [-0.3, -0.25) is 9.97 Å². The fourth-order valence-electron chi connectivity index (χ4n) is 3.40. The fraction of sp³-hybridized carbons (Fsp3) is 0. The van der Waals surface area contributed by atoms with Gasteiger partial charge in [-0.1, -0.05) is 42.5 Å². The van der Waals surface area contributed by atoms with Crippen molar-refractivity contribution in [1.29, 1.82) is 0 Å². The van der Waals surface area contributed by atoms with Gasteiger partial charge in [0, 0.05) is 35.2 Å². The Kier molecular flexibility index (Phi) is 4.75.